The Hall–Kier alpha value is -1.22. The van der Waals surface area contributed by atoms with Gasteiger partial charge in [0.1, 0.15) is 5.75 Å². The zero-order valence-electron chi connectivity index (χ0n) is 10.7. The SMILES string of the molecule is CCN(CC)C(C)c1cc(N)ccc1OC. The monoisotopic (exact) mass is 222 g/mol. The summed E-state index contributed by atoms with van der Waals surface area (Å²) in [6, 6.07) is 6.14. The van der Waals surface area contributed by atoms with Crippen LogP contribution < -0.4 is 10.5 Å². The number of nitrogens with two attached hydrogens (primary N) is 1. The molecule has 0 saturated heterocycles. The molecule has 3 nitrogen and oxygen atoms in total. The highest BCUT2D eigenvalue weighted by Gasteiger charge is 2.16. The van der Waals surface area contributed by atoms with E-state index in [2.05, 4.69) is 25.7 Å². The highest BCUT2D eigenvalue weighted by atomic mass is 16.5. The standard InChI is InChI=1S/C13H22N2O/c1-5-15(6-2)10(3)12-9-11(14)7-8-13(12)16-4/h7-10H,5-6,14H2,1-4H3. The molecule has 0 spiro atoms. The van der Waals surface area contributed by atoms with E-state index in [4.69, 9.17) is 10.5 Å². The highest BCUT2D eigenvalue weighted by Crippen LogP contribution is 2.30. The molecule has 2 N–H and O–H groups in total. The molecule has 0 aliphatic heterocycles. The van der Waals surface area contributed by atoms with Crippen molar-refractivity contribution in [2.75, 3.05) is 25.9 Å². The summed E-state index contributed by atoms with van der Waals surface area (Å²) in [7, 11) is 1.70. The van der Waals surface area contributed by atoms with E-state index in [1.807, 2.05) is 18.2 Å². The summed E-state index contributed by atoms with van der Waals surface area (Å²) in [6.07, 6.45) is 0. The van der Waals surface area contributed by atoms with Crippen molar-refractivity contribution in [2.45, 2.75) is 26.8 Å². The minimum absolute atomic E-state index is 0.327. The molecule has 16 heavy (non-hydrogen) atoms. The van der Waals surface area contributed by atoms with Gasteiger partial charge in [-0.1, -0.05) is 13.8 Å². The second-order valence-corrected chi connectivity index (χ2v) is 3.90. The smallest absolute Gasteiger partial charge is 0.123 e. The van der Waals surface area contributed by atoms with E-state index >= 15 is 0 Å². The summed E-state index contributed by atoms with van der Waals surface area (Å²) >= 11 is 0. The largest absolute Gasteiger partial charge is 0.496 e. The van der Waals surface area contributed by atoms with Crippen LogP contribution in [0.15, 0.2) is 18.2 Å². The Kier molecular flexibility index (Phi) is 4.62. The fraction of sp³-hybridized carbons (Fsp3) is 0.538. The van der Waals surface area contributed by atoms with Gasteiger partial charge in [0.05, 0.1) is 7.11 Å². The van der Waals surface area contributed by atoms with Crippen molar-refractivity contribution in [3.63, 3.8) is 0 Å². The fourth-order valence-corrected chi connectivity index (χ4v) is 2.05. The van der Waals surface area contributed by atoms with Gasteiger partial charge < -0.3 is 10.5 Å². The van der Waals surface area contributed by atoms with Crippen LogP contribution in [0.4, 0.5) is 5.69 Å². The Balaban J connectivity index is 3.04. The molecular formula is C13H22N2O. The molecule has 0 radical (unpaired) electrons. The molecular weight excluding hydrogens is 200 g/mol. The Bertz CT molecular complexity index is 335. The molecule has 1 aromatic rings. The molecule has 1 atom stereocenters. The molecule has 3 heteroatoms. The van der Waals surface area contributed by atoms with Gasteiger partial charge >= 0.3 is 0 Å². The first-order valence-corrected chi connectivity index (χ1v) is 5.81. The van der Waals surface area contributed by atoms with Crippen molar-refractivity contribution in [3.8, 4) is 5.75 Å². The summed E-state index contributed by atoms with van der Waals surface area (Å²) < 4.78 is 5.38. The molecule has 0 bridgehead atoms. The number of benzene rings is 1. The van der Waals surface area contributed by atoms with Crippen molar-refractivity contribution in [1.82, 2.24) is 4.90 Å². The van der Waals surface area contributed by atoms with Crippen LogP contribution in [-0.2, 0) is 0 Å². The Labute approximate surface area is 98.2 Å². The quantitative estimate of drug-likeness (QED) is 0.778. The molecule has 0 aliphatic rings. The third-order valence-electron chi connectivity index (χ3n) is 3.06. The number of nitrogens with zero attached hydrogens (tertiary/aromatic N) is 1. The first-order chi connectivity index (χ1) is 7.63. The van der Waals surface area contributed by atoms with Crippen molar-refractivity contribution >= 4 is 5.69 Å². The van der Waals surface area contributed by atoms with Crippen LogP contribution in [0.3, 0.4) is 0 Å². The first kappa shape index (κ1) is 12.8. The lowest BCUT2D eigenvalue weighted by Gasteiger charge is -2.28. The molecule has 0 aromatic heterocycles. The molecule has 1 rings (SSSR count). The van der Waals surface area contributed by atoms with E-state index in [-0.39, 0.29) is 0 Å². The molecule has 1 aromatic carbocycles. The Morgan fingerprint density at radius 2 is 1.94 bits per heavy atom. The third kappa shape index (κ3) is 2.67. The molecule has 0 saturated carbocycles. The minimum Gasteiger partial charge on any atom is -0.496 e. The van der Waals surface area contributed by atoms with Crippen LogP contribution >= 0.6 is 0 Å². The molecule has 0 fully saturated rings. The number of rotatable bonds is 5. The molecule has 0 heterocycles. The van der Waals surface area contributed by atoms with Crippen molar-refractivity contribution in [2.24, 2.45) is 0 Å². The number of nitrogen functional groups attached to an aromatic ring is 1. The van der Waals surface area contributed by atoms with Gasteiger partial charge in [-0.05, 0) is 38.2 Å². The number of anilines is 1. The van der Waals surface area contributed by atoms with Gasteiger partial charge in [-0.2, -0.15) is 0 Å². The lowest BCUT2D eigenvalue weighted by Crippen LogP contribution is -2.26. The maximum atomic E-state index is 5.83. The molecule has 0 aliphatic carbocycles. The van der Waals surface area contributed by atoms with Crippen LogP contribution in [0.25, 0.3) is 0 Å². The van der Waals surface area contributed by atoms with E-state index in [0.29, 0.717) is 6.04 Å². The second kappa shape index (κ2) is 5.75. The summed E-state index contributed by atoms with van der Waals surface area (Å²) in [6.45, 7) is 8.56. The van der Waals surface area contributed by atoms with Crippen LogP contribution in [-0.4, -0.2) is 25.1 Å². The predicted molar refractivity (Wildman–Crippen MR) is 68.7 cm³/mol. The van der Waals surface area contributed by atoms with E-state index in [1.54, 1.807) is 7.11 Å². The second-order valence-electron chi connectivity index (χ2n) is 3.90. The van der Waals surface area contributed by atoms with Gasteiger partial charge in [0, 0.05) is 17.3 Å². The average Bonchev–Trinajstić information content (AvgIpc) is 2.30. The van der Waals surface area contributed by atoms with Gasteiger partial charge in [-0.25, -0.2) is 0 Å². The lowest BCUT2D eigenvalue weighted by atomic mass is 10.0. The van der Waals surface area contributed by atoms with Crippen molar-refractivity contribution in [1.29, 1.82) is 0 Å². The topological polar surface area (TPSA) is 38.5 Å². The van der Waals surface area contributed by atoms with Gasteiger partial charge in [-0.3, -0.25) is 4.90 Å². The van der Waals surface area contributed by atoms with E-state index in [1.165, 1.54) is 0 Å². The van der Waals surface area contributed by atoms with Crippen molar-refractivity contribution < 1.29 is 4.74 Å². The normalized spacial score (nSPS) is 12.8. The lowest BCUT2D eigenvalue weighted by molar-refractivity contribution is 0.229. The summed E-state index contributed by atoms with van der Waals surface area (Å²) in [5, 5.41) is 0. The van der Waals surface area contributed by atoms with Gasteiger partial charge in [0.2, 0.25) is 0 Å². The zero-order chi connectivity index (χ0) is 12.1. The number of methoxy groups -OCH3 is 1. The highest BCUT2D eigenvalue weighted by molar-refractivity contribution is 5.49. The van der Waals surface area contributed by atoms with Crippen LogP contribution in [0.5, 0.6) is 5.75 Å². The van der Waals surface area contributed by atoms with Gasteiger partial charge in [0.15, 0.2) is 0 Å². The maximum absolute atomic E-state index is 5.83. The van der Waals surface area contributed by atoms with E-state index in [9.17, 15) is 0 Å². The zero-order valence-corrected chi connectivity index (χ0v) is 10.7. The molecule has 0 amide bonds. The van der Waals surface area contributed by atoms with Crippen LogP contribution in [0, 0.1) is 0 Å². The summed E-state index contributed by atoms with van der Waals surface area (Å²) in [4.78, 5) is 2.37. The first-order valence-electron chi connectivity index (χ1n) is 5.81. The molecule has 90 valence electrons. The predicted octanol–water partition coefficient (Wildman–Crippen LogP) is 2.68. The van der Waals surface area contributed by atoms with E-state index < -0.39 is 0 Å². The van der Waals surface area contributed by atoms with Gasteiger partial charge in [0.25, 0.3) is 0 Å². The van der Waals surface area contributed by atoms with Crippen LogP contribution in [0.1, 0.15) is 32.4 Å². The Morgan fingerprint density at radius 1 is 1.31 bits per heavy atom. The van der Waals surface area contributed by atoms with Crippen molar-refractivity contribution in [3.05, 3.63) is 23.8 Å². The van der Waals surface area contributed by atoms with Gasteiger partial charge in [-0.15, -0.1) is 0 Å². The minimum atomic E-state index is 0.327. The average molecular weight is 222 g/mol. The summed E-state index contributed by atoms with van der Waals surface area (Å²) in [5.74, 6) is 0.911. The Morgan fingerprint density at radius 3 is 2.44 bits per heavy atom. The summed E-state index contributed by atoms with van der Waals surface area (Å²) in [5.41, 5.74) is 7.77. The maximum Gasteiger partial charge on any atom is 0.123 e. The number of hydrogen-bond donors (Lipinski definition) is 1. The number of ether oxygens (including phenoxy) is 1. The van der Waals surface area contributed by atoms with E-state index in [0.717, 1.165) is 30.1 Å². The fourth-order valence-electron chi connectivity index (χ4n) is 2.05. The number of hydrogen-bond acceptors (Lipinski definition) is 3. The van der Waals surface area contributed by atoms with Crippen LogP contribution in [0.2, 0.25) is 0 Å². The third-order valence-corrected chi connectivity index (χ3v) is 3.06. The molecule has 1 unspecified atom stereocenters.